The van der Waals surface area contributed by atoms with Gasteiger partial charge in [-0.25, -0.2) is 4.79 Å². The summed E-state index contributed by atoms with van der Waals surface area (Å²) in [4.78, 5) is 11.9. The second-order valence-electron chi connectivity index (χ2n) is 3.00. The van der Waals surface area contributed by atoms with Gasteiger partial charge in [-0.3, -0.25) is 0 Å². The van der Waals surface area contributed by atoms with Crippen LogP contribution in [0.3, 0.4) is 0 Å². The lowest BCUT2D eigenvalue weighted by Crippen LogP contribution is -2.44. The number of amides is 2. The Bertz CT molecular complexity index is 295. The van der Waals surface area contributed by atoms with Gasteiger partial charge in [-0.05, 0) is 12.8 Å². The van der Waals surface area contributed by atoms with Crippen LogP contribution in [0.15, 0.2) is 0 Å². The van der Waals surface area contributed by atoms with Gasteiger partial charge in [0.05, 0.1) is 5.25 Å². The van der Waals surface area contributed by atoms with Gasteiger partial charge in [0, 0.05) is 13.1 Å². The summed E-state index contributed by atoms with van der Waals surface area (Å²) in [5.41, 5.74) is 4.97. The molecule has 1 rings (SSSR count). The molecule has 1 saturated heterocycles. The van der Waals surface area contributed by atoms with Crippen molar-refractivity contribution < 1.29 is 17.1 Å². The highest BCUT2D eigenvalue weighted by molar-refractivity contribution is 7.87. The van der Waals surface area contributed by atoms with Gasteiger partial charge < -0.3 is 10.6 Å². The molecule has 1 heterocycles. The highest BCUT2D eigenvalue weighted by atomic mass is 32.3. The first kappa shape index (κ1) is 10.2. The first-order valence-electron chi connectivity index (χ1n) is 3.89. The Hall–Kier alpha value is -0.850. The van der Waals surface area contributed by atoms with Crippen molar-refractivity contribution in [3.63, 3.8) is 0 Å². The number of urea groups is 1. The van der Waals surface area contributed by atoms with Gasteiger partial charge in [0.2, 0.25) is 0 Å². The Morgan fingerprint density at radius 3 is 2.15 bits per heavy atom. The molecule has 7 heteroatoms. The van der Waals surface area contributed by atoms with E-state index in [4.69, 9.17) is 5.73 Å². The van der Waals surface area contributed by atoms with Crippen molar-refractivity contribution >= 4 is 16.3 Å². The molecule has 0 aliphatic carbocycles. The third-order valence-corrected chi connectivity index (χ3v) is 3.42. The highest BCUT2D eigenvalue weighted by Gasteiger charge is 2.30. The van der Waals surface area contributed by atoms with Crippen LogP contribution in [-0.4, -0.2) is 37.7 Å². The van der Waals surface area contributed by atoms with Crippen LogP contribution in [0.5, 0.6) is 0 Å². The van der Waals surface area contributed by atoms with E-state index in [0.717, 1.165) is 0 Å². The maximum Gasteiger partial charge on any atom is 0.314 e. The molecular weight excluding hydrogens is 199 g/mol. The highest BCUT2D eigenvalue weighted by Crippen LogP contribution is 2.18. The lowest BCUT2D eigenvalue weighted by molar-refractivity contribution is 0.196. The smallest absolute Gasteiger partial charge is 0.314 e. The minimum absolute atomic E-state index is 0.127. The number of rotatable bonds is 1. The summed E-state index contributed by atoms with van der Waals surface area (Å²) in [5, 5.41) is -0.969. The number of primary amides is 1. The summed E-state index contributed by atoms with van der Waals surface area (Å²) in [6, 6.07) is -0.588. The van der Waals surface area contributed by atoms with Crippen LogP contribution in [0.25, 0.3) is 0 Å². The first-order chi connectivity index (χ1) is 5.91. The number of nitrogens with two attached hydrogens (primary N) is 1. The number of hydrogen-bond donors (Lipinski definition) is 1. The van der Waals surface area contributed by atoms with Gasteiger partial charge in [0.25, 0.3) is 0 Å². The molecule has 1 aliphatic heterocycles. The zero-order chi connectivity index (χ0) is 10.1. The molecule has 0 radical (unpaired) electrons. The average Bonchev–Trinajstić information content (AvgIpc) is 2.03. The van der Waals surface area contributed by atoms with E-state index in [1.54, 1.807) is 0 Å². The standard InChI is InChI=1S/C6H11FN2O3S/c7-13(11,12)5-1-3-9(4-2-5)6(8)10/h5H,1-4H2,(H2,8,10). The predicted octanol–water partition coefficient (Wildman–Crippen LogP) is -0.171. The van der Waals surface area contributed by atoms with Gasteiger partial charge in [-0.2, -0.15) is 8.42 Å². The zero-order valence-electron chi connectivity index (χ0n) is 6.94. The molecule has 0 aromatic heterocycles. The van der Waals surface area contributed by atoms with Crippen LogP contribution in [-0.2, 0) is 10.2 Å². The van der Waals surface area contributed by atoms with Crippen molar-refractivity contribution in [2.45, 2.75) is 18.1 Å². The van der Waals surface area contributed by atoms with E-state index in [2.05, 4.69) is 0 Å². The van der Waals surface area contributed by atoms with Crippen LogP contribution in [0.4, 0.5) is 8.68 Å². The molecule has 2 amide bonds. The maximum atomic E-state index is 12.4. The summed E-state index contributed by atoms with van der Waals surface area (Å²) in [6.45, 7) is 0.423. The van der Waals surface area contributed by atoms with Gasteiger partial charge in [-0.1, -0.05) is 0 Å². The van der Waals surface area contributed by atoms with E-state index in [1.807, 2.05) is 0 Å². The second kappa shape index (κ2) is 3.49. The monoisotopic (exact) mass is 210 g/mol. The van der Waals surface area contributed by atoms with E-state index in [0.29, 0.717) is 0 Å². The van der Waals surface area contributed by atoms with Crippen LogP contribution < -0.4 is 5.73 Å². The largest absolute Gasteiger partial charge is 0.351 e. The topological polar surface area (TPSA) is 80.5 Å². The fraction of sp³-hybridized carbons (Fsp3) is 0.833. The molecule has 0 aromatic rings. The SMILES string of the molecule is NC(=O)N1CCC(S(=O)(=O)F)CC1. The summed E-state index contributed by atoms with van der Waals surface area (Å²) in [7, 11) is -4.45. The summed E-state index contributed by atoms with van der Waals surface area (Å²) >= 11 is 0. The molecule has 0 unspecified atom stereocenters. The molecule has 1 fully saturated rings. The predicted molar refractivity (Wildman–Crippen MR) is 44.2 cm³/mol. The second-order valence-corrected chi connectivity index (χ2v) is 4.62. The van der Waals surface area contributed by atoms with Gasteiger partial charge in [0.1, 0.15) is 0 Å². The van der Waals surface area contributed by atoms with Gasteiger partial charge >= 0.3 is 16.3 Å². The minimum Gasteiger partial charge on any atom is -0.351 e. The lowest BCUT2D eigenvalue weighted by atomic mass is 10.1. The quantitative estimate of drug-likeness (QED) is 0.610. The van der Waals surface area contributed by atoms with E-state index in [-0.39, 0.29) is 25.9 Å². The van der Waals surface area contributed by atoms with Crippen LogP contribution >= 0.6 is 0 Å². The fourth-order valence-electron chi connectivity index (χ4n) is 1.36. The third kappa shape index (κ3) is 2.55. The first-order valence-corrected chi connectivity index (χ1v) is 5.34. The molecule has 1 aliphatic rings. The average molecular weight is 210 g/mol. The van der Waals surface area contributed by atoms with Crippen LogP contribution in [0.2, 0.25) is 0 Å². The van der Waals surface area contributed by atoms with Crippen molar-refractivity contribution in [2.75, 3.05) is 13.1 Å². The summed E-state index contributed by atoms with van der Waals surface area (Å²) < 4.78 is 33.4. The molecule has 0 saturated carbocycles. The Labute approximate surface area is 75.9 Å². The Morgan fingerprint density at radius 2 is 1.85 bits per heavy atom. The van der Waals surface area contributed by atoms with E-state index < -0.39 is 21.5 Å². The molecule has 5 nitrogen and oxygen atoms in total. The number of likely N-dealkylation sites (tertiary alicyclic amines) is 1. The molecule has 0 spiro atoms. The molecule has 13 heavy (non-hydrogen) atoms. The number of halogens is 1. The van der Waals surface area contributed by atoms with Crippen molar-refractivity contribution in [3.8, 4) is 0 Å². The van der Waals surface area contributed by atoms with Crippen LogP contribution in [0.1, 0.15) is 12.8 Å². The van der Waals surface area contributed by atoms with E-state index in [9.17, 15) is 17.1 Å². The van der Waals surface area contributed by atoms with Crippen molar-refractivity contribution in [2.24, 2.45) is 5.73 Å². The van der Waals surface area contributed by atoms with Crippen molar-refractivity contribution in [3.05, 3.63) is 0 Å². The van der Waals surface area contributed by atoms with Crippen molar-refractivity contribution in [1.82, 2.24) is 4.90 Å². The summed E-state index contributed by atoms with van der Waals surface area (Å²) in [5.74, 6) is 0. The van der Waals surface area contributed by atoms with Crippen LogP contribution in [0, 0.1) is 0 Å². The van der Waals surface area contributed by atoms with E-state index in [1.165, 1.54) is 4.90 Å². The number of piperidine rings is 1. The third-order valence-electron chi connectivity index (χ3n) is 2.15. The number of carbonyl (C=O) groups is 1. The van der Waals surface area contributed by atoms with Crippen molar-refractivity contribution in [1.29, 1.82) is 0 Å². The van der Waals surface area contributed by atoms with Gasteiger partial charge in [0.15, 0.2) is 0 Å². The zero-order valence-corrected chi connectivity index (χ0v) is 7.76. The Morgan fingerprint density at radius 1 is 1.38 bits per heavy atom. The normalized spacial score (nSPS) is 20.2. The molecule has 76 valence electrons. The minimum atomic E-state index is -4.45. The number of hydrogen-bond acceptors (Lipinski definition) is 3. The van der Waals surface area contributed by atoms with Gasteiger partial charge in [-0.15, -0.1) is 3.89 Å². The number of carbonyl (C=O) groups excluding carboxylic acids is 1. The molecule has 0 atom stereocenters. The molecule has 0 bridgehead atoms. The molecule has 2 N–H and O–H groups in total. The molecule has 0 aromatic carbocycles. The summed E-state index contributed by atoms with van der Waals surface area (Å²) in [6.07, 6.45) is 0.254. The Balaban J connectivity index is 2.53. The number of nitrogens with zero attached hydrogens (tertiary/aromatic N) is 1. The Kier molecular flexibility index (Phi) is 2.74. The molecular formula is C6H11FN2O3S. The van der Waals surface area contributed by atoms with E-state index >= 15 is 0 Å². The fourth-order valence-corrected chi connectivity index (χ4v) is 2.13. The maximum absolute atomic E-state index is 12.4. The lowest BCUT2D eigenvalue weighted by Gasteiger charge is -2.28.